The molecular weight excluding hydrogens is 382 g/mol. The fourth-order valence-electron chi connectivity index (χ4n) is 8.69. The van der Waals surface area contributed by atoms with Crippen molar-refractivity contribution in [2.45, 2.75) is 111 Å². The summed E-state index contributed by atoms with van der Waals surface area (Å²) in [6, 6.07) is 1.31. The fourth-order valence-corrected chi connectivity index (χ4v) is 11.1. The van der Waals surface area contributed by atoms with Gasteiger partial charge in [0, 0.05) is 17.7 Å². The van der Waals surface area contributed by atoms with Crippen molar-refractivity contribution < 1.29 is 4.43 Å². The average molecular weight is 432 g/mol. The molecule has 0 radical (unpaired) electrons. The molecule has 1 saturated heterocycles. The van der Waals surface area contributed by atoms with Crippen molar-refractivity contribution in [3.05, 3.63) is 11.8 Å². The van der Waals surface area contributed by atoms with E-state index in [0.29, 0.717) is 17.4 Å². The van der Waals surface area contributed by atoms with Gasteiger partial charge in [-0.15, -0.1) is 0 Å². The fraction of sp³-hybridized carbons (Fsp3) is 0.926. The molecule has 2 nitrogen and oxygen atoms in total. The molecule has 30 heavy (non-hydrogen) atoms. The Kier molecular flexibility index (Phi) is 6.29. The second-order valence-electron chi connectivity index (χ2n) is 12.4. The molecule has 2 saturated carbocycles. The Morgan fingerprint density at radius 3 is 2.57 bits per heavy atom. The van der Waals surface area contributed by atoms with Crippen molar-refractivity contribution in [1.29, 1.82) is 0 Å². The predicted octanol–water partition coefficient (Wildman–Crippen LogP) is 7.38. The quantitative estimate of drug-likeness (QED) is 0.443. The Morgan fingerprint density at radius 2 is 1.87 bits per heavy atom. The summed E-state index contributed by atoms with van der Waals surface area (Å²) in [5.74, 6) is 4.20. The highest BCUT2D eigenvalue weighted by molar-refractivity contribution is 6.71. The van der Waals surface area contributed by atoms with Crippen LogP contribution in [0, 0.1) is 40.4 Å². The average Bonchev–Trinajstić information content (AvgIpc) is 3.04. The lowest BCUT2D eigenvalue weighted by Crippen LogP contribution is -2.61. The van der Waals surface area contributed by atoms with Gasteiger partial charge in [0.1, 0.15) is 0 Å². The van der Waals surface area contributed by atoms with Gasteiger partial charge in [-0.3, -0.25) is 0 Å². The van der Waals surface area contributed by atoms with Gasteiger partial charge < -0.3 is 9.74 Å². The van der Waals surface area contributed by atoms with Crippen LogP contribution in [0.15, 0.2) is 11.8 Å². The molecule has 8 atom stereocenters. The molecule has 0 aromatic rings. The van der Waals surface area contributed by atoms with Crippen LogP contribution < -0.4 is 5.32 Å². The van der Waals surface area contributed by atoms with Crippen LogP contribution >= 0.6 is 0 Å². The SMILES string of the molecule is CCCC[Si](C)(C)OC1CCNC2=C[C@H](C)[C@H]3[C@@H]4CC[C@H](CC)[C@@]4(C)CC[C@@H]3[C@]21C. The Hall–Kier alpha value is -0.283. The normalized spacial score (nSPS) is 45.8. The number of fused-ring (bicyclic) bond motifs is 5. The van der Waals surface area contributed by atoms with E-state index in [1.54, 1.807) is 5.70 Å². The maximum absolute atomic E-state index is 7.17. The molecule has 0 aromatic carbocycles. The number of nitrogens with one attached hydrogen (secondary N) is 1. The molecule has 0 aromatic heterocycles. The highest BCUT2D eigenvalue weighted by Gasteiger charge is 2.61. The molecule has 3 fully saturated rings. The molecular formula is C27H49NOSi. The first-order valence-corrected chi connectivity index (χ1v) is 16.4. The summed E-state index contributed by atoms with van der Waals surface area (Å²) < 4.78 is 7.17. The van der Waals surface area contributed by atoms with Crippen LogP contribution in [0.1, 0.15) is 86.0 Å². The third kappa shape index (κ3) is 3.54. The van der Waals surface area contributed by atoms with Crippen molar-refractivity contribution in [2.24, 2.45) is 40.4 Å². The summed E-state index contributed by atoms with van der Waals surface area (Å²) in [6.07, 6.45) is 14.0. The van der Waals surface area contributed by atoms with Gasteiger partial charge in [-0.2, -0.15) is 0 Å². The van der Waals surface area contributed by atoms with Gasteiger partial charge in [-0.1, -0.05) is 60.0 Å². The summed E-state index contributed by atoms with van der Waals surface area (Å²) >= 11 is 0. The standard InChI is InChI=1S/C27H49NOSi/c1-8-10-17-30(6,7)29-24-14-16-28-23-18-19(3)25-21-12-11-20(9-2)26(21,4)15-13-22(25)27(23,24)5/h18-22,24-25,28H,8-17H2,1-7H3/t19-,20-,21-,22-,24?,25-,26+,27+/m0/s1. The summed E-state index contributed by atoms with van der Waals surface area (Å²) in [7, 11) is -1.62. The van der Waals surface area contributed by atoms with Crippen LogP contribution in [-0.2, 0) is 4.43 Å². The van der Waals surface area contributed by atoms with Gasteiger partial charge in [0.25, 0.3) is 0 Å². The lowest BCUT2D eigenvalue weighted by atomic mass is 9.46. The Labute approximate surface area is 188 Å². The molecule has 3 aliphatic carbocycles. The van der Waals surface area contributed by atoms with E-state index in [2.05, 4.69) is 59.1 Å². The van der Waals surface area contributed by atoms with Gasteiger partial charge in [-0.25, -0.2) is 0 Å². The molecule has 1 unspecified atom stereocenters. The molecule has 1 heterocycles. The first-order chi connectivity index (χ1) is 14.2. The van der Waals surface area contributed by atoms with Gasteiger partial charge in [0.2, 0.25) is 0 Å². The smallest absolute Gasteiger partial charge is 0.187 e. The largest absolute Gasteiger partial charge is 0.413 e. The summed E-state index contributed by atoms with van der Waals surface area (Å²) in [6.45, 7) is 18.6. The van der Waals surface area contributed by atoms with Crippen LogP contribution in [-0.4, -0.2) is 21.0 Å². The first-order valence-electron chi connectivity index (χ1n) is 13.3. The lowest BCUT2D eigenvalue weighted by molar-refractivity contribution is -0.0983. The number of piperidine rings is 1. The van der Waals surface area contributed by atoms with E-state index in [0.717, 1.165) is 30.2 Å². The maximum Gasteiger partial charge on any atom is 0.187 e. The van der Waals surface area contributed by atoms with E-state index in [-0.39, 0.29) is 5.41 Å². The van der Waals surface area contributed by atoms with E-state index < -0.39 is 8.32 Å². The molecule has 1 N–H and O–H groups in total. The van der Waals surface area contributed by atoms with Crippen molar-refractivity contribution in [3.8, 4) is 0 Å². The third-order valence-electron chi connectivity index (χ3n) is 10.4. The second kappa shape index (κ2) is 8.25. The zero-order valence-corrected chi connectivity index (χ0v) is 22.0. The molecule has 0 amide bonds. The topological polar surface area (TPSA) is 21.3 Å². The number of rotatable bonds is 6. The summed E-state index contributed by atoms with van der Waals surface area (Å²) in [4.78, 5) is 0. The molecule has 172 valence electrons. The molecule has 4 rings (SSSR count). The van der Waals surface area contributed by atoms with Crippen molar-refractivity contribution >= 4 is 8.32 Å². The van der Waals surface area contributed by atoms with Crippen molar-refractivity contribution in [3.63, 3.8) is 0 Å². The Bertz CT molecular complexity index is 659. The highest BCUT2D eigenvalue weighted by atomic mass is 28.4. The third-order valence-corrected chi connectivity index (χ3v) is 12.9. The zero-order valence-electron chi connectivity index (χ0n) is 21.0. The zero-order chi connectivity index (χ0) is 21.7. The van der Waals surface area contributed by atoms with Crippen LogP contribution in [0.2, 0.25) is 19.1 Å². The van der Waals surface area contributed by atoms with E-state index in [9.17, 15) is 0 Å². The van der Waals surface area contributed by atoms with Crippen LogP contribution in [0.5, 0.6) is 0 Å². The number of unbranched alkanes of at least 4 members (excludes halogenated alkanes) is 1. The van der Waals surface area contributed by atoms with Gasteiger partial charge >= 0.3 is 0 Å². The monoisotopic (exact) mass is 431 g/mol. The van der Waals surface area contributed by atoms with Gasteiger partial charge in [0.15, 0.2) is 8.32 Å². The minimum atomic E-state index is -1.62. The lowest BCUT2D eigenvalue weighted by Gasteiger charge is -2.61. The van der Waals surface area contributed by atoms with Crippen molar-refractivity contribution in [1.82, 2.24) is 5.32 Å². The van der Waals surface area contributed by atoms with E-state index in [1.807, 2.05) is 0 Å². The van der Waals surface area contributed by atoms with Gasteiger partial charge in [0.05, 0.1) is 6.10 Å². The summed E-state index contributed by atoms with van der Waals surface area (Å²) in [5, 5.41) is 3.87. The van der Waals surface area contributed by atoms with Crippen LogP contribution in [0.3, 0.4) is 0 Å². The number of allylic oxidation sites excluding steroid dienone is 1. The molecule has 1 aliphatic heterocycles. The molecule has 0 spiro atoms. The number of hydrogen-bond acceptors (Lipinski definition) is 2. The van der Waals surface area contributed by atoms with E-state index in [1.165, 1.54) is 57.4 Å². The van der Waals surface area contributed by atoms with E-state index >= 15 is 0 Å². The van der Waals surface area contributed by atoms with Crippen LogP contribution in [0.25, 0.3) is 0 Å². The summed E-state index contributed by atoms with van der Waals surface area (Å²) in [5.41, 5.74) is 2.32. The minimum Gasteiger partial charge on any atom is -0.413 e. The second-order valence-corrected chi connectivity index (χ2v) is 16.7. The minimum absolute atomic E-state index is 0.192. The first kappa shape index (κ1) is 22.9. The maximum atomic E-state index is 7.17. The predicted molar refractivity (Wildman–Crippen MR) is 131 cm³/mol. The number of hydrogen-bond donors (Lipinski definition) is 1. The van der Waals surface area contributed by atoms with Crippen molar-refractivity contribution in [2.75, 3.05) is 6.54 Å². The van der Waals surface area contributed by atoms with Crippen LogP contribution in [0.4, 0.5) is 0 Å². The molecule has 0 bridgehead atoms. The molecule has 4 aliphatic rings. The van der Waals surface area contributed by atoms with E-state index in [4.69, 9.17) is 4.43 Å². The Morgan fingerprint density at radius 1 is 1.10 bits per heavy atom. The molecule has 3 heteroatoms. The highest BCUT2D eigenvalue weighted by Crippen LogP contribution is 2.67. The van der Waals surface area contributed by atoms with Gasteiger partial charge in [-0.05, 0) is 86.2 Å². The Balaban J connectivity index is 1.65.